The Labute approximate surface area is 552 Å². The Morgan fingerprint density at radius 2 is 0.860 bits per heavy atom. The van der Waals surface area contributed by atoms with Crippen molar-refractivity contribution in [1.82, 2.24) is 43.6 Å². The third-order valence-electron chi connectivity index (χ3n) is 17.0. The van der Waals surface area contributed by atoms with Crippen molar-refractivity contribution in [2.24, 2.45) is 5.92 Å². The fraction of sp³-hybridized carbons (Fsp3) is 0.391. The van der Waals surface area contributed by atoms with Gasteiger partial charge in [0.2, 0.25) is 0 Å². The molecular weight excluding hydrogens is 1310 g/mol. The van der Waals surface area contributed by atoms with E-state index < -0.39 is 68.7 Å². The molecule has 3 fully saturated rings. The van der Waals surface area contributed by atoms with Gasteiger partial charge < -0.3 is 73.9 Å². The molecule has 12 atom stereocenters. The van der Waals surface area contributed by atoms with Crippen molar-refractivity contribution in [1.29, 1.82) is 0 Å². The number of aromatic nitrogens is 9. The maximum Gasteiger partial charge on any atom is 0.291 e. The van der Waals surface area contributed by atoms with E-state index in [-0.39, 0.29) is 63.3 Å². The average Bonchev–Trinajstić information content (AvgIpc) is 1.64. The van der Waals surface area contributed by atoms with Crippen LogP contribution in [0.25, 0.3) is 33.1 Å². The van der Waals surface area contributed by atoms with E-state index in [2.05, 4.69) is 79.7 Å². The number of benzene rings is 3. The number of hydrogen-bond donors (Lipinski definition) is 8. The van der Waals surface area contributed by atoms with E-state index in [1.807, 2.05) is 104 Å². The second-order valence-corrected chi connectivity index (χ2v) is 28.6. The summed E-state index contributed by atoms with van der Waals surface area (Å²) < 4.78 is 30.2. The second-order valence-electron chi connectivity index (χ2n) is 23.8. The zero-order valence-corrected chi connectivity index (χ0v) is 55.1. The fourth-order valence-electron chi connectivity index (χ4n) is 10.9. The maximum atomic E-state index is 12.7. The van der Waals surface area contributed by atoms with Crippen molar-refractivity contribution in [2.75, 3.05) is 16.0 Å². The van der Waals surface area contributed by atoms with Gasteiger partial charge in [0, 0.05) is 63.6 Å². The summed E-state index contributed by atoms with van der Waals surface area (Å²) in [7, 11) is -2.19. The molecule has 8 N–H and O–H groups in total. The van der Waals surface area contributed by atoms with E-state index in [1.165, 1.54) is 19.0 Å². The van der Waals surface area contributed by atoms with E-state index in [4.69, 9.17) is 34.0 Å². The summed E-state index contributed by atoms with van der Waals surface area (Å²) in [4.78, 5) is 71.7. The molecule has 0 spiro atoms. The molecule has 3 aromatic carbocycles. The summed E-state index contributed by atoms with van der Waals surface area (Å²) in [5.74, 6) is 0.502. The number of nitrogens with one attached hydrogen (secondary N) is 3. The Bertz CT molecular complexity index is 3830. The van der Waals surface area contributed by atoms with Gasteiger partial charge in [-0.3, -0.25) is 14.4 Å². The molecule has 3 saturated heterocycles. The zero-order chi connectivity index (χ0) is 66.2. The molecule has 12 rings (SSSR count). The fourth-order valence-corrected chi connectivity index (χ4v) is 12.2. The number of hydrogen-bond acceptors (Lipinski definition) is 19. The first-order valence-corrected chi connectivity index (χ1v) is 33.1. The third-order valence-corrected chi connectivity index (χ3v) is 21.5. The molecule has 9 aromatic rings. The minimum absolute atomic E-state index is 0. The number of fused-ring (bicyclic) bond motifs is 3. The van der Waals surface area contributed by atoms with Gasteiger partial charge in [-0.1, -0.05) is 103 Å². The first-order valence-electron chi connectivity index (χ1n) is 30.2. The number of carbonyl (C=O) groups excluding carboxylic acids is 3. The number of amides is 3. The summed E-state index contributed by atoms with van der Waals surface area (Å²) in [6, 6.07) is 32.2. The van der Waals surface area contributed by atoms with Crippen LogP contribution in [-0.4, -0.2) is 149 Å². The number of anilines is 3. The quantitative estimate of drug-likeness (QED) is 0.0286. The van der Waals surface area contributed by atoms with Gasteiger partial charge in [0.1, 0.15) is 83.9 Å². The molecule has 27 nitrogen and oxygen atoms in total. The normalized spacial score (nSPS) is 23.3. The monoisotopic (exact) mass is 1390 g/mol. The summed E-state index contributed by atoms with van der Waals surface area (Å²) in [5.41, 5.74) is 3.34. The van der Waals surface area contributed by atoms with Crippen molar-refractivity contribution in [3.8, 4) is 0 Å². The predicted octanol–water partition coefficient (Wildman–Crippen LogP) is 9.09. The average molecular weight is 1390 g/mol. The van der Waals surface area contributed by atoms with Crippen LogP contribution in [0, 0.1) is 16.0 Å². The number of rotatable bonds is 14. The van der Waals surface area contributed by atoms with Crippen LogP contribution < -0.4 is 16.0 Å². The van der Waals surface area contributed by atoms with Crippen LogP contribution in [0.15, 0.2) is 147 Å². The van der Waals surface area contributed by atoms with Gasteiger partial charge in [-0.05, 0) is 92.0 Å². The van der Waals surface area contributed by atoms with Crippen LogP contribution in [0.2, 0.25) is 18.1 Å². The number of ether oxygens (including phenoxy) is 3. The summed E-state index contributed by atoms with van der Waals surface area (Å²) >= 11 is 0. The SMILES string of the molecule is CC[C@H]1O[C@@H](n2ccc3c(NC(=O)c4ccccc4)ncnc32)[C@H](O)[C@@H]1C.CC[C@H]1O[C@@H](n2ccc3c(NC(=O)c4ccccc4)ncnc32)[C@H](O)[C@@H]1O.CC[C@H]1O[C@@H](n2ccc3c(NC(=O)c4ccccc4)ncnc32)[C@H](O[Si](C)(C)C(C)(C)C)[C@@H]1O.O=[N+]([O-])O.[Ag]. The molecule has 1 radical (unpaired) electrons. The smallest absolute Gasteiger partial charge is 0.291 e. The van der Waals surface area contributed by atoms with E-state index in [0.29, 0.717) is 80.1 Å². The van der Waals surface area contributed by atoms with Gasteiger partial charge in [0.15, 0.2) is 27.0 Å². The molecule has 9 heterocycles. The molecule has 3 amide bonds. The largest absolute Gasteiger partial charge is 0.407 e. The van der Waals surface area contributed by atoms with Gasteiger partial charge in [0.25, 0.3) is 22.8 Å². The molecule has 497 valence electrons. The van der Waals surface area contributed by atoms with Crippen molar-refractivity contribution in [3.05, 3.63) is 174 Å². The van der Waals surface area contributed by atoms with Gasteiger partial charge >= 0.3 is 0 Å². The molecule has 0 bridgehead atoms. The standard InChI is InChI=1S/C25H34N4O4Si.C20H22N4O3.C19H20N4O4.Ag.HNO3/c1-7-18-19(30)20(33-34(5,6)25(2,3)4)24(32-18)29-14-13-17-21(26-15-27-22(17)29)28-23(31)16-11-9-8-10-12-16;1-3-15-12(2)16(25)20(27-15)24-10-9-14-17(21-11-22-18(14)24)23-19(26)13-7-5-4-6-8-13;1-2-13-14(24)15(25)19(27-13)23-9-8-12-16(20-10-21-17(12)23)22-18(26)11-6-4-3-5-7-11;;2-1(3)4/h8-15,18-20,24,30H,7H2,1-6H3,(H,26,27,28,31);4-12,15-16,20,25H,3H2,1-2H3,(H,21,22,23,26);3-10,13-15,19,24-25H,2H2,1H3,(H,20,21,22,26);;(H,2,3,4)/t18-,19-,20-,24-;12-,15-,16-,20-;13-,14-,15-,19-;;/m111../s1. The van der Waals surface area contributed by atoms with Crippen molar-refractivity contribution >= 4 is 76.6 Å². The number of aliphatic hydroxyl groups is 4. The van der Waals surface area contributed by atoms with Crippen LogP contribution in [-0.2, 0) is 41.0 Å². The van der Waals surface area contributed by atoms with Crippen LogP contribution in [0.1, 0.15) is 117 Å². The second kappa shape index (κ2) is 30.7. The molecule has 3 aliphatic rings. The third kappa shape index (κ3) is 15.7. The Kier molecular flexibility index (Phi) is 23.3. The number of carbonyl (C=O) groups is 3. The predicted molar refractivity (Wildman–Crippen MR) is 342 cm³/mol. The first-order chi connectivity index (χ1) is 44.0. The van der Waals surface area contributed by atoms with E-state index in [0.717, 1.165) is 6.42 Å². The summed E-state index contributed by atoms with van der Waals surface area (Å²) in [5, 5.41) is 66.3. The first kappa shape index (κ1) is 70.6. The van der Waals surface area contributed by atoms with Crippen LogP contribution in [0.4, 0.5) is 17.5 Å². The van der Waals surface area contributed by atoms with Gasteiger partial charge in [-0.25, -0.2) is 29.9 Å². The Morgan fingerprint density at radius 3 is 1.19 bits per heavy atom. The summed E-state index contributed by atoms with van der Waals surface area (Å²) in [6.45, 7) is 18.8. The summed E-state index contributed by atoms with van der Waals surface area (Å²) in [6.07, 6.45) is 5.12. The van der Waals surface area contributed by atoms with Gasteiger partial charge in [-0.15, -0.1) is 10.1 Å². The molecule has 0 aliphatic carbocycles. The molecule has 93 heavy (non-hydrogen) atoms. The Morgan fingerprint density at radius 1 is 0.538 bits per heavy atom. The number of aliphatic hydroxyl groups excluding tert-OH is 4. The van der Waals surface area contributed by atoms with E-state index in [1.54, 1.807) is 65.4 Å². The van der Waals surface area contributed by atoms with Gasteiger partial charge in [-0.2, -0.15) is 0 Å². The Balaban J connectivity index is 0.000000174. The van der Waals surface area contributed by atoms with Crippen LogP contribution >= 0.6 is 0 Å². The minimum atomic E-state index is -2.19. The molecule has 3 aliphatic heterocycles. The Hall–Kier alpha value is -8.23. The van der Waals surface area contributed by atoms with E-state index >= 15 is 0 Å². The van der Waals surface area contributed by atoms with Crippen molar-refractivity contribution in [3.63, 3.8) is 0 Å². The topological polar surface area (TPSA) is 361 Å². The molecular formula is C64H77AgN13O14Si. The van der Waals surface area contributed by atoms with Crippen molar-refractivity contribution in [2.45, 2.75) is 153 Å². The van der Waals surface area contributed by atoms with Crippen LogP contribution in [0.3, 0.4) is 0 Å². The molecule has 0 saturated carbocycles. The minimum Gasteiger partial charge on any atom is -0.407 e. The van der Waals surface area contributed by atoms with Crippen LogP contribution in [0.5, 0.6) is 0 Å². The van der Waals surface area contributed by atoms with Crippen molar-refractivity contribution < 1.29 is 86.1 Å². The molecule has 6 aromatic heterocycles. The van der Waals surface area contributed by atoms with E-state index in [9.17, 15) is 34.8 Å². The maximum absolute atomic E-state index is 12.7. The van der Waals surface area contributed by atoms with Gasteiger partial charge in [0.05, 0.1) is 34.5 Å². The number of nitrogens with zero attached hydrogens (tertiary/aromatic N) is 10. The zero-order valence-electron chi connectivity index (χ0n) is 52.6. The molecule has 29 heteroatoms. The molecule has 0 unspecified atom stereocenters.